The number of thioether (sulfide) groups is 2. The maximum atomic E-state index is 11.3. The Hall–Kier alpha value is -1.20. The van der Waals surface area contributed by atoms with Crippen LogP contribution >= 0.6 is 23.5 Å². The van der Waals surface area contributed by atoms with Crippen molar-refractivity contribution in [1.29, 1.82) is 0 Å². The fraction of sp³-hybridized carbons (Fsp3) is 0.0909. The topological polar surface area (TPSA) is 46.2 Å². The lowest BCUT2D eigenvalue weighted by Gasteiger charge is -1.97. The molecule has 2 amide bonds. The van der Waals surface area contributed by atoms with Gasteiger partial charge in [0.05, 0.1) is 4.91 Å². The van der Waals surface area contributed by atoms with Crippen molar-refractivity contribution in [1.82, 2.24) is 5.32 Å². The summed E-state index contributed by atoms with van der Waals surface area (Å²) < 4.78 is 0. The first kappa shape index (κ1) is 11.3. The number of carbonyl (C=O) groups excluding carboxylic acids is 2. The third-order valence-corrected chi connectivity index (χ3v) is 3.61. The van der Waals surface area contributed by atoms with E-state index in [1.807, 2.05) is 30.5 Å². The number of imide groups is 1. The van der Waals surface area contributed by atoms with E-state index in [-0.39, 0.29) is 11.1 Å². The van der Waals surface area contributed by atoms with Crippen molar-refractivity contribution in [3.63, 3.8) is 0 Å². The van der Waals surface area contributed by atoms with Crippen molar-refractivity contribution < 1.29 is 9.59 Å². The molecule has 3 nitrogen and oxygen atoms in total. The van der Waals surface area contributed by atoms with Gasteiger partial charge in [-0.3, -0.25) is 14.9 Å². The Morgan fingerprint density at radius 1 is 1.25 bits per heavy atom. The van der Waals surface area contributed by atoms with Gasteiger partial charge in [-0.15, -0.1) is 11.8 Å². The van der Waals surface area contributed by atoms with E-state index < -0.39 is 0 Å². The highest BCUT2D eigenvalue weighted by Gasteiger charge is 2.24. The zero-order chi connectivity index (χ0) is 11.5. The van der Waals surface area contributed by atoms with E-state index >= 15 is 0 Å². The summed E-state index contributed by atoms with van der Waals surface area (Å²) in [5.74, 6) is -0.316. The second-order valence-corrected chi connectivity index (χ2v) is 5.02. The first-order chi connectivity index (χ1) is 7.69. The van der Waals surface area contributed by atoms with Gasteiger partial charge < -0.3 is 0 Å². The van der Waals surface area contributed by atoms with Gasteiger partial charge in [0.25, 0.3) is 11.1 Å². The highest BCUT2D eigenvalue weighted by Crippen LogP contribution is 2.26. The van der Waals surface area contributed by atoms with E-state index in [0.717, 1.165) is 17.3 Å². The normalized spacial score (nSPS) is 17.9. The summed E-state index contributed by atoms with van der Waals surface area (Å²) in [6.45, 7) is 0. The summed E-state index contributed by atoms with van der Waals surface area (Å²) in [5, 5.41) is 1.91. The molecular formula is C11H9NO2S2. The number of rotatable bonds is 2. The molecule has 1 aliphatic rings. The molecule has 0 aliphatic carbocycles. The van der Waals surface area contributed by atoms with Crippen LogP contribution in [-0.2, 0) is 4.79 Å². The number of benzene rings is 1. The lowest BCUT2D eigenvalue weighted by atomic mass is 10.2. The highest BCUT2D eigenvalue weighted by atomic mass is 32.2. The largest absolute Gasteiger partial charge is 0.290 e. The minimum Gasteiger partial charge on any atom is -0.282 e. The SMILES string of the molecule is CSc1ccc(/C=C2\SC(=O)NC2=O)cc1. The zero-order valence-electron chi connectivity index (χ0n) is 8.52. The van der Waals surface area contributed by atoms with E-state index in [2.05, 4.69) is 5.32 Å². The van der Waals surface area contributed by atoms with Gasteiger partial charge in [-0.25, -0.2) is 0 Å². The maximum absolute atomic E-state index is 11.3. The van der Waals surface area contributed by atoms with Gasteiger partial charge in [0.2, 0.25) is 0 Å². The van der Waals surface area contributed by atoms with Gasteiger partial charge in [-0.2, -0.15) is 0 Å². The Bertz CT molecular complexity index is 465. The van der Waals surface area contributed by atoms with Crippen LogP contribution in [0.1, 0.15) is 5.56 Å². The van der Waals surface area contributed by atoms with Gasteiger partial charge in [-0.05, 0) is 41.8 Å². The van der Waals surface area contributed by atoms with Crippen LogP contribution in [0.3, 0.4) is 0 Å². The lowest BCUT2D eigenvalue weighted by Crippen LogP contribution is -2.17. The molecule has 0 saturated carbocycles. The predicted octanol–water partition coefficient (Wildman–Crippen LogP) is 2.73. The number of hydrogen-bond donors (Lipinski definition) is 1. The van der Waals surface area contributed by atoms with Crippen LogP contribution < -0.4 is 5.32 Å². The summed E-state index contributed by atoms with van der Waals surface area (Å²) in [5.41, 5.74) is 0.921. The second kappa shape index (κ2) is 4.76. The van der Waals surface area contributed by atoms with Crippen molar-refractivity contribution >= 4 is 40.7 Å². The first-order valence-electron chi connectivity index (χ1n) is 4.58. The van der Waals surface area contributed by atoms with Crippen LogP contribution in [0.25, 0.3) is 6.08 Å². The summed E-state index contributed by atoms with van der Waals surface area (Å²) in [7, 11) is 0. The number of amides is 2. The fourth-order valence-electron chi connectivity index (χ4n) is 1.27. The van der Waals surface area contributed by atoms with Crippen LogP contribution in [0, 0.1) is 0 Å². The molecule has 2 rings (SSSR count). The molecule has 0 unspecified atom stereocenters. The molecule has 1 aliphatic heterocycles. The second-order valence-electron chi connectivity index (χ2n) is 3.13. The van der Waals surface area contributed by atoms with Crippen LogP contribution in [0.15, 0.2) is 34.1 Å². The van der Waals surface area contributed by atoms with Crippen molar-refractivity contribution in [2.45, 2.75) is 4.90 Å². The average molecular weight is 251 g/mol. The molecule has 1 saturated heterocycles. The molecule has 1 fully saturated rings. The maximum Gasteiger partial charge on any atom is 0.290 e. The predicted molar refractivity (Wildman–Crippen MR) is 67.3 cm³/mol. The summed E-state index contributed by atoms with van der Waals surface area (Å²) >= 11 is 2.60. The molecule has 5 heteroatoms. The number of carbonyl (C=O) groups is 2. The zero-order valence-corrected chi connectivity index (χ0v) is 10.2. The van der Waals surface area contributed by atoms with Crippen LogP contribution in [0.4, 0.5) is 4.79 Å². The average Bonchev–Trinajstić information content (AvgIpc) is 2.59. The number of hydrogen-bond acceptors (Lipinski definition) is 4. The van der Waals surface area contributed by atoms with E-state index in [0.29, 0.717) is 4.91 Å². The van der Waals surface area contributed by atoms with Crippen LogP contribution in [0.5, 0.6) is 0 Å². The standard InChI is InChI=1S/C11H9NO2S2/c1-15-8-4-2-7(3-5-8)6-9-10(13)12-11(14)16-9/h2-6H,1H3,(H,12,13,14)/b9-6-. The lowest BCUT2D eigenvalue weighted by molar-refractivity contribution is -0.115. The highest BCUT2D eigenvalue weighted by molar-refractivity contribution is 8.18. The molecule has 1 aromatic carbocycles. The van der Waals surface area contributed by atoms with Crippen LogP contribution in [0.2, 0.25) is 0 Å². The minimum absolute atomic E-state index is 0.308. The molecule has 0 spiro atoms. The Balaban J connectivity index is 2.22. The Kier molecular flexibility index (Phi) is 3.36. The smallest absolute Gasteiger partial charge is 0.282 e. The van der Waals surface area contributed by atoms with Crippen molar-refractivity contribution in [3.05, 3.63) is 34.7 Å². The van der Waals surface area contributed by atoms with Gasteiger partial charge in [0.1, 0.15) is 0 Å². The van der Waals surface area contributed by atoms with Gasteiger partial charge in [0, 0.05) is 4.90 Å². The molecule has 1 heterocycles. The van der Waals surface area contributed by atoms with E-state index in [1.54, 1.807) is 17.8 Å². The Morgan fingerprint density at radius 3 is 2.44 bits per heavy atom. The monoisotopic (exact) mass is 251 g/mol. The Labute approximate surface area is 102 Å². The van der Waals surface area contributed by atoms with E-state index in [9.17, 15) is 9.59 Å². The summed E-state index contributed by atoms with van der Waals surface area (Å²) in [6, 6.07) is 7.82. The van der Waals surface area contributed by atoms with Crippen molar-refractivity contribution in [2.75, 3.05) is 6.26 Å². The molecule has 0 bridgehead atoms. The quantitative estimate of drug-likeness (QED) is 0.648. The summed E-state index contributed by atoms with van der Waals surface area (Å²) in [6.07, 6.45) is 3.72. The summed E-state index contributed by atoms with van der Waals surface area (Å²) in [4.78, 5) is 23.8. The molecule has 1 aromatic rings. The number of nitrogens with one attached hydrogen (secondary N) is 1. The van der Waals surface area contributed by atoms with Crippen molar-refractivity contribution in [3.8, 4) is 0 Å². The molecule has 82 valence electrons. The Morgan fingerprint density at radius 2 is 1.94 bits per heavy atom. The van der Waals surface area contributed by atoms with Crippen molar-refractivity contribution in [2.24, 2.45) is 0 Å². The molecule has 0 radical (unpaired) electrons. The molecule has 0 aromatic heterocycles. The van der Waals surface area contributed by atoms with E-state index in [1.165, 1.54) is 4.90 Å². The third-order valence-electron chi connectivity index (χ3n) is 2.06. The van der Waals surface area contributed by atoms with Gasteiger partial charge in [0.15, 0.2) is 0 Å². The van der Waals surface area contributed by atoms with E-state index in [4.69, 9.17) is 0 Å². The molecule has 0 atom stereocenters. The fourth-order valence-corrected chi connectivity index (χ4v) is 2.36. The van der Waals surface area contributed by atoms with Crippen LogP contribution in [-0.4, -0.2) is 17.4 Å². The molecular weight excluding hydrogens is 242 g/mol. The third kappa shape index (κ3) is 2.48. The van der Waals surface area contributed by atoms with Gasteiger partial charge in [-0.1, -0.05) is 12.1 Å². The van der Waals surface area contributed by atoms with Gasteiger partial charge >= 0.3 is 0 Å². The first-order valence-corrected chi connectivity index (χ1v) is 6.62. The molecule has 1 N–H and O–H groups in total. The minimum atomic E-state index is -0.316. The molecule has 16 heavy (non-hydrogen) atoms.